The molecule has 4 aromatic rings. The first-order chi connectivity index (χ1) is 21.2. The number of rotatable bonds is 8. The smallest absolute Gasteiger partial charge is 0.166 e. The van der Waals surface area contributed by atoms with E-state index in [2.05, 4.69) is 64.5 Å². The highest BCUT2D eigenvalue weighted by Gasteiger charge is 2.73. The molecule has 0 unspecified atom stereocenters. The number of aromatic nitrogens is 2. The van der Waals surface area contributed by atoms with Crippen LogP contribution in [0.15, 0.2) is 79.1 Å². The van der Waals surface area contributed by atoms with Crippen molar-refractivity contribution in [3.63, 3.8) is 0 Å². The van der Waals surface area contributed by atoms with E-state index in [0.717, 1.165) is 73.6 Å². The predicted octanol–water partition coefficient (Wildman–Crippen LogP) is 6.21. The number of phenols is 1. The zero-order valence-corrected chi connectivity index (χ0v) is 24.4. The number of likely N-dealkylation sites (tertiary alicyclic amines) is 1. The Hall–Kier alpha value is -3.74. The highest BCUT2D eigenvalue weighted by Crippen LogP contribution is 2.69. The lowest BCUT2D eigenvalue weighted by Gasteiger charge is -2.64. The Bertz CT molecular complexity index is 1690. The van der Waals surface area contributed by atoms with Gasteiger partial charge in [-0.2, -0.15) is 0 Å². The molecule has 4 heterocycles. The number of phenolic OH excluding ortho intramolecular Hbond substituents is 1. The Labute approximate surface area is 252 Å². The van der Waals surface area contributed by atoms with E-state index < -0.39 is 11.0 Å². The van der Waals surface area contributed by atoms with Crippen LogP contribution in [0.2, 0.25) is 0 Å². The third-order valence-electron chi connectivity index (χ3n) is 11.0. The van der Waals surface area contributed by atoms with Gasteiger partial charge in [0.15, 0.2) is 17.6 Å². The third-order valence-corrected chi connectivity index (χ3v) is 11.0. The molecule has 0 radical (unpaired) electrons. The molecule has 1 saturated carbocycles. The molecule has 2 fully saturated rings. The number of piperidine rings is 1. The molecule has 6 heteroatoms. The Morgan fingerprint density at radius 2 is 1.86 bits per heavy atom. The molecule has 2 bridgehead atoms. The van der Waals surface area contributed by atoms with Crippen LogP contribution >= 0.6 is 0 Å². The summed E-state index contributed by atoms with van der Waals surface area (Å²) in [7, 11) is 0. The van der Waals surface area contributed by atoms with Crippen molar-refractivity contribution in [3.8, 4) is 22.6 Å². The quantitative estimate of drug-likeness (QED) is 0.254. The van der Waals surface area contributed by atoms with E-state index in [0.29, 0.717) is 12.4 Å². The van der Waals surface area contributed by atoms with Crippen LogP contribution < -0.4 is 4.74 Å². The fourth-order valence-corrected chi connectivity index (χ4v) is 8.93. The molecule has 5 aliphatic rings. The fraction of sp³-hybridized carbons (Fsp3) is 0.405. The maximum absolute atomic E-state index is 11.1. The van der Waals surface area contributed by atoms with Gasteiger partial charge in [-0.3, -0.25) is 14.9 Å². The first kappa shape index (κ1) is 25.7. The summed E-state index contributed by atoms with van der Waals surface area (Å²) >= 11 is 0. The van der Waals surface area contributed by atoms with Crippen LogP contribution in [0.3, 0.4) is 0 Å². The highest BCUT2D eigenvalue weighted by molar-refractivity contribution is 5.67. The molecular weight excluding hydrogens is 534 g/mol. The van der Waals surface area contributed by atoms with Gasteiger partial charge in [0.25, 0.3) is 0 Å². The van der Waals surface area contributed by atoms with Crippen molar-refractivity contribution in [2.75, 3.05) is 19.7 Å². The van der Waals surface area contributed by atoms with Crippen LogP contribution in [-0.4, -0.2) is 51.3 Å². The van der Waals surface area contributed by atoms with E-state index in [1.807, 2.05) is 24.5 Å². The first-order valence-electron chi connectivity index (χ1n) is 16.0. The van der Waals surface area contributed by atoms with Gasteiger partial charge in [-0.05, 0) is 91.9 Å². The molecule has 43 heavy (non-hydrogen) atoms. The second kappa shape index (κ2) is 9.63. The minimum atomic E-state index is -0.481. The van der Waals surface area contributed by atoms with E-state index in [-0.39, 0.29) is 17.9 Å². The van der Waals surface area contributed by atoms with Gasteiger partial charge >= 0.3 is 0 Å². The summed E-state index contributed by atoms with van der Waals surface area (Å²) in [4.78, 5) is 12.5. The molecular formula is C37H37N3O3. The maximum Gasteiger partial charge on any atom is 0.166 e. The lowest BCUT2D eigenvalue weighted by Crippen LogP contribution is -2.75. The zero-order valence-electron chi connectivity index (χ0n) is 24.4. The highest BCUT2D eigenvalue weighted by atomic mass is 16.5. The number of fused-ring (bicyclic) bond motifs is 2. The van der Waals surface area contributed by atoms with Crippen molar-refractivity contribution in [1.29, 1.82) is 0 Å². The molecule has 2 aromatic carbocycles. The molecule has 6 nitrogen and oxygen atoms in total. The first-order valence-corrected chi connectivity index (χ1v) is 16.0. The Morgan fingerprint density at radius 1 is 0.977 bits per heavy atom. The van der Waals surface area contributed by atoms with E-state index >= 15 is 0 Å². The lowest BCUT2D eigenvalue weighted by atomic mass is 9.48. The number of nitrogens with zero attached hydrogens (tertiary/aromatic N) is 3. The van der Waals surface area contributed by atoms with Crippen molar-refractivity contribution in [2.24, 2.45) is 5.92 Å². The zero-order chi connectivity index (χ0) is 28.6. The van der Waals surface area contributed by atoms with Gasteiger partial charge in [0.2, 0.25) is 0 Å². The molecule has 9 rings (SSSR count). The molecule has 1 N–H and O–H groups in total. The van der Waals surface area contributed by atoms with Crippen molar-refractivity contribution in [3.05, 3.63) is 107 Å². The summed E-state index contributed by atoms with van der Waals surface area (Å²) in [5.41, 5.74) is 7.22. The molecule has 4 atom stereocenters. The van der Waals surface area contributed by atoms with Crippen molar-refractivity contribution in [1.82, 2.24) is 14.9 Å². The number of ether oxygens (including phenoxy) is 2. The van der Waals surface area contributed by atoms with Gasteiger partial charge in [0.1, 0.15) is 5.60 Å². The minimum Gasteiger partial charge on any atom is -0.504 e. The Balaban J connectivity index is 1.19. The van der Waals surface area contributed by atoms with Crippen molar-refractivity contribution in [2.45, 2.75) is 68.1 Å². The van der Waals surface area contributed by atoms with E-state index in [1.165, 1.54) is 29.5 Å². The molecule has 3 aliphatic carbocycles. The van der Waals surface area contributed by atoms with E-state index in [9.17, 15) is 5.11 Å². The summed E-state index contributed by atoms with van der Waals surface area (Å²) in [6, 6.07) is 23.2. The SMILES string of the molecule is Oc1ccc2c3c1O[C@H]1c4ncc(-c5ccccc5)cc4C[C@@]4(OCCCc5ccccn5)[C@@H](C2)N(CC2CC2)CC[C@]314. The lowest BCUT2D eigenvalue weighted by molar-refractivity contribution is -0.205. The largest absolute Gasteiger partial charge is 0.504 e. The van der Waals surface area contributed by atoms with E-state index in [4.69, 9.17) is 14.5 Å². The normalized spacial score (nSPS) is 28.2. The number of pyridine rings is 2. The van der Waals surface area contributed by atoms with Gasteiger partial charge in [0.05, 0.1) is 11.1 Å². The van der Waals surface area contributed by atoms with Crippen LogP contribution in [0.5, 0.6) is 11.5 Å². The number of aryl methyl sites for hydroxylation is 1. The summed E-state index contributed by atoms with van der Waals surface area (Å²) in [6.07, 6.45) is 10.7. The monoisotopic (exact) mass is 571 g/mol. The van der Waals surface area contributed by atoms with Gasteiger partial charge in [0, 0.05) is 54.8 Å². The third kappa shape index (κ3) is 3.79. The van der Waals surface area contributed by atoms with Gasteiger partial charge in [-0.15, -0.1) is 0 Å². The minimum absolute atomic E-state index is 0.230. The average Bonchev–Trinajstić information content (AvgIpc) is 3.79. The van der Waals surface area contributed by atoms with E-state index in [1.54, 1.807) is 0 Å². The standard InChI is InChI=1S/C37H37N3O3/c41-30-14-13-26-20-31-37(42-18-6-10-29-9-4-5-16-38-29)21-27-19-28(25-7-2-1-3-8-25)22-39-33(27)35-36(37,32(26)34(30)43-35)15-17-40(31)23-24-11-12-24/h1-5,7-9,13-14,16,19,22,24,31,35,41H,6,10-12,15,17-18,20-21,23H2/t31-,35+,36+,37-/m1/s1. The number of hydrogen-bond acceptors (Lipinski definition) is 6. The van der Waals surface area contributed by atoms with Crippen LogP contribution in [-0.2, 0) is 29.4 Å². The molecule has 1 saturated heterocycles. The van der Waals surface area contributed by atoms with Crippen LogP contribution in [0.25, 0.3) is 11.1 Å². The second-order valence-electron chi connectivity index (χ2n) is 13.3. The number of hydrogen-bond donors (Lipinski definition) is 1. The van der Waals surface area contributed by atoms with Crippen LogP contribution in [0.1, 0.15) is 59.9 Å². The molecule has 0 amide bonds. The summed E-state index contributed by atoms with van der Waals surface area (Å²) in [5.74, 6) is 1.68. The maximum atomic E-state index is 11.1. The Morgan fingerprint density at radius 3 is 2.70 bits per heavy atom. The number of aromatic hydroxyl groups is 1. The molecule has 2 aliphatic heterocycles. The summed E-state index contributed by atoms with van der Waals surface area (Å²) < 4.78 is 14.3. The Kier molecular flexibility index (Phi) is 5.76. The molecule has 2 aromatic heterocycles. The van der Waals surface area contributed by atoms with Gasteiger partial charge in [-0.25, -0.2) is 0 Å². The van der Waals surface area contributed by atoms with Gasteiger partial charge < -0.3 is 14.6 Å². The van der Waals surface area contributed by atoms with Crippen LogP contribution in [0.4, 0.5) is 0 Å². The van der Waals surface area contributed by atoms with Crippen molar-refractivity contribution < 1.29 is 14.6 Å². The summed E-state index contributed by atoms with van der Waals surface area (Å²) in [5, 5.41) is 11.1. The second-order valence-corrected chi connectivity index (χ2v) is 13.3. The fourth-order valence-electron chi connectivity index (χ4n) is 8.93. The van der Waals surface area contributed by atoms with Crippen molar-refractivity contribution >= 4 is 0 Å². The topological polar surface area (TPSA) is 67.7 Å². The molecule has 218 valence electrons. The number of benzene rings is 2. The molecule has 1 spiro atoms. The van der Waals surface area contributed by atoms with Crippen LogP contribution in [0, 0.1) is 5.92 Å². The predicted molar refractivity (Wildman–Crippen MR) is 164 cm³/mol. The van der Waals surface area contributed by atoms with Gasteiger partial charge in [-0.1, -0.05) is 42.5 Å². The average molecular weight is 572 g/mol. The summed E-state index contributed by atoms with van der Waals surface area (Å²) in [6.45, 7) is 2.82.